The Bertz CT molecular complexity index is 116. The van der Waals surface area contributed by atoms with E-state index in [0.717, 1.165) is 25.7 Å². The predicted molar refractivity (Wildman–Crippen MR) is 46.0 cm³/mol. The van der Waals surface area contributed by atoms with Crippen LogP contribution in [0.2, 0.25) is 0 Å². The van der Waals surface area contributed by atoms with Crippen LogP contribution in [-0.4, -0.2) is 15.8 Å². The molecule has 0 radical (unpaired) electrons. The van der Waals surface area contributed by atoms with Gasteiger partial charge in [0.15, 0.2) is 0 Å². The standard InChI is InChI=1S/C7H17O3P/c1-2-3-4-5-6-7(8)11(9)10/h7-8,11H,2-6H2,1H3,(H,9,10). The monoisotopic (exact) mass is 180 g/mol. The largest absolute Gasteiger partial charge is 0.383 e. The molecule has 0 aromatic heterocycles. The SMILES string of the molecule is CCCCCCC(O)[PH](=O)O. The van der Waals surface area contributed by atoms with Crippen LogP contribution in [0.5, 0.6) is 0 Å². The second-order valence-corrected chi connectivity index (χ2v) is 4.05. The van der Waals surface area contributed by atoms with Gasteiger partial charge in [0.25, 0.3) is 0 Å². The minimum absolute atomic E-state index is 0.467. The molecule has 0 heterocycles. The molecule has 0 aromatic carbocycles. The van der Waals surface area contributed by atoms with Crippen molar-refractivity contribution in [1.29, 1.82) is 0 Å². The van der Waals surface area contributed by atoms with Crippen LogP contribution in [0.25, 0.3) is 0 Å². The summed E-state index contributed by atoms with van der Waals surface area (Å²) < 4.78 is 10.3. The summed E-state index contributed by atoms with van der Waals surface area (Å²) in [6.07, 6.45) is 4.65. The number of hydrogen-bond acceptors (Lipinski definition) is 2. The maximum Gasteiger partial charge on any atom is 0.216 e. The first-order chi connectivity index (χ1) is 5.18. The highest BCUT2D eigenvalue weighted by atomic mass is 31.1. The van der Waals surface area contributed by atoms with Crippen molar-refractivity contribution in [2.75, 3.05) is 0 Å². The lowest BCUT2D eigenvalue weighted by molar-refractivity contribution is 0.223. The van der Waals surface area contributed by atoms with Crippen LogP contribution in [0, 0.1) is 0 Å². The van der Waals surface area contributed by atoms with Crippen LogP contribution in [0.3, 0.4) is 0 Å². The molecule has 0 aromatic rings. The lowest BCUT2D eigenvalue weighted by Gasteiger charge is -2.04. The first-order valence-electron chi connectivity index (χ1n) is 4.09. The van der Waals surface area contributed by atoms with Gasteiger partial charge in [0.1, 0.15) is 5.85 Å². The second-order valence-electron chi connectivity index (χ2n) is 2.70. The fourth-order valence-corrected chi connectivity index (χ4v) is 1.34. The summed E-state index contributed by atoms with van der Waals surface area (Å²) in [4.78, 5) is 8.47. The second kappa shape index (κ2) is 6.84. The van der Waals surface area contributed by atoms with Crippen molar-refractivity contribution in [3.8, 4) is 0 Å². The van der Waals surface area contributed by atoms with Crippen LogP contribution in [0.4, 0.5) is 0 Å². The molecular formula is C7H17O3P. The van der Waals surface area contributed by atoms with E-state index < -0.39 is 13.9 Å². The zero-order chi connectivity index (χ0) is 8.69. The Kier molecular flexibility index (Phi) is 6.93. The Hall–Kier alpha value is 0.150. The van der Waals surface area contributed by atoms with Crippen LogP contribution in [0.15, 0.2) is 0 Å². The van der Waals surface area contributed by atoms with Crippen molar-refractivity contribution in [3.63, 3.8) is 0 Å². The number of unbranched alkanes of at least 4 members (excludes halogenated alkanes) is 3. The van der Waals surface area contributed by atoms with Crippen LogP contribution in [0.1, 0.15) is 39.0 Å². The van der Waals surface area contributed by atoms with Gasteiger partial charge in [0.05, 0.1) is 0 Å². The molecule has 0 amide bonds. The topological polar surface area (TPSA) is 57.5 Å². The lowest BCUT2D eigenvalue weighted by Crippen LogP contribution is -1.99. The molecule has 0 saturated carbocycles. The summed E-state index contributed by atoms with van der Waals surface area (Å²) in [7, 11) is -2.69. The van der Waals surface area contributed by atoms with Gasteiger partial charge in [-0.3, -0.25) is 4.57 Å². The van der Waals surface area contributed by atoms with E-state index in [2.05, 4.69) is 6.92 Å². The Labute approximate surface area is 68.3 Å². The van der Waals surface area contributed by atoms with Crippen LogP contribution >= 0.6 is 8.03 Å². The Balaban J connectivity index is 3.17. The molecule has 3 nitrogen and oxygen atoms in total. The average Bonchev–Trinajstić information content (AvgIpc) is 1.97. The van der Waals surface area contributed by atoms with E-state index in [1.807, 2.05) is 0 Å². The van der Waals surface area contributed by atoms with Gasteiger partial charge in [-0.2, -0.15) is 0 Å². The van der Waals surface area contributed by atoms with E-state index in [1.165, 1.54) is 0 Å². The first-order valence-corrected chi connectivity index (χ1v) is 5.52. The van der Waals surface area contributed by atoms with E-state index >= 15 is 0 Å². The van der Waals surface area contributed by atoms with E-state index in [4.69, 9.17) is 10.00 Å². The van der Waals surface area contributed by atoms with Crippen LogP contribution in [-0.2, 0) is 4.57 Å². The highest BCUT2D eigenvalue weighted by Crippen LogP contribution is 2.24. The van der Waals surface area contributed by atoms with Gasteiger partial charge in [0.2, 0.25) is 8.03 Å². The summed E-state index contributed by atoms with van der Waals surface area (Å²) >= 11 is 0. The van der Waals surface area contributed by atoms with Gasteiger partial charge in [-0.05, 0) is 6.42 Å². The van der Waals surface area contributed by atoms with Crippen LogP contribution < -0.4 is 0 Å². The van der Waals surface area contributed by atoms with E-state index in [1.54, 1.807) is 0 Å². The van der Waals surface area contributed by atoms with Crippen molar-refractivity contribution in [3.05, 3.63) is 0 Å². The molecule has 0 aliphatic rings. The zero-order valence-corrected chi connectivity index (χ0v) is 7.92. The Morgan fingerprint density at radius 3 is 2.45 bits per heavy atom. The summed E-state index contributed by atoms with van der Waals surface area (Å²) in [5, 5.41) is 8.91. The molecule has 68 valence electrons. The molecule has 0 saturated heterocycles. The van der Waals surface area contributed by atoms with Crippen molar-refractivity contribution >= 4 is 8.03 Å². The third-order valence-electron chi connectivity index (χ3n) is 1.62. The number of hydrogen-bond donors (Lipinski definition) is 2. The minimum Gasteiger partial charge on any atom is -0.383 e. The Morgan fingerprint density at radius 2 is 2.00 bits per heavy atom. The van der Waals surface area contributed by atoms with Gasteiger partial charge in [0, 0.05) is 0 Å². The van der Waals surface area contributed by atoms with Gasteiger partial charge in [-0.1, -0.05) is 32.6 Å². The third kappa shape index (κ3) is 6.54. The molecule has 2 N–H and O–H groups in total. The fraction of sp³-hybridized carbons (Fsp3) is 1.00. The molecule has 0 aliphatic carbocycles. The quantitative estimate of drug-likeness (QED) is 0.483. The molecule has 0 aliphatic heterocycles. The molecule has 2 unspecified atom stereocenters. The molecule has 11 heavy (non-hydrogen) atoms. The van der Waals surface area contributed by atoms with Gasteiger partial charge < -0.3 is 10.00 Å². The number of aliphatic hydroxyl groups excluding tert-OH is 1. The molecule has 2 atom stereocenters. The van der Waals surface area contributed by atoms with Gasteiger partial charge >= 0.3 is 0 Å². The van der Waals surface area contributed by atoms with Crippen molar-refractivity contribution in [2.24, 2.45) is 0 Å². The van der Waals surface area contributed by atoms with Gasteiger partial charge in [-0.25, -0.2) is 0 Å². The van der Waals surface area contributed by atoms with Crippen molar-refractivity contribution in [1.82, 2.24) is 0 Å². The van der Waals surface area contributed by atoms with E-state index in [-0.39, 0.29) is 0 Å². The minimum atomic E-state index is -2.69. The molecule has 0 bridgehead atoms. The Morgan fingerprint density at radius 1 is 1.36 bits per heavy atom. The summed E-state index contributed by atoms with van der Waals surface area (Å²) in [5.41, 5.74) is 0. The molecule has 0 fully saturated rings. The molecule has 4 heteroatoms. The van der Waals surface area contributed by atoms with Crippen molar-refractivity contribution in [2.45, 2.75) is 44.9 Å². The fourth-order valence-electron chi connectivity index (χ4n) is 0.888. The third-order valence-corrected chi connectivity index (χ3v) is 2.47. The normalized spacial score (nSPS) is 16.3. The number of aliphatic hydroxyl groups is 1. The first kappa shape index (κ1) is 11.2. The zero-order valence-electron chi connectivity index (χ0n) is 6.92. The van der Waals surface area contributed by atoms with E-state index in [0.29, 0.717) is 6.42 Å². The maximum atomic E-state index is 10.3. The molecular weight excluding hydrogens is 163 g/mol. The van der Waals surface area contributed by atoms with Crippen molar-refractivity contribution < 1.29 is 14.6 Å². The summed E-state index contributed by atoms with van der Waals surface area (Å²) in [5.74, 6) is -0.975. The maximum absolute atomic E-state index is 10.3. The van der Waals surface area contributed by atoms with Gasteiger partial charge in [-0.15, -0.1) is 0 Å². The smallest absolute Gasteiger partial charge is 0.216 e. The number of rotatable bonds is 6. The lowest BCUT2D eigenvalue weighted by atomic mass is 10.2. The predicted octanol–water partition coefficient (Wildman–Crippen LogP) is 1.74. The highest BCUT2D eigenvalue weighted by Gasteiger charge is 2.07. The average molecular weight is 180 g/mol. The summed E-state index contributed by atoms with van der Waals surface area (Å²) in [6, 6.07) is 0. The molecule has 0 rings (SSSR count). The van der Waals surface area contributed by atoms with E-state index in [9.17, 15) is 4.57 Å². The summed E-state index contributed by atoms with van der Waals surface area (Å²) in [6.45, 7) is 2.10. The highest BCUT2D eigenvalue weighted by molar-refractivity contribution is 7.38. The molecule has 0 spiro atoms.